The Hall–Kier alpha value is -1.56. The van der Waals surface area contributed by atoms with Crippen molar-refractivity contribution in [2.75, 3.05) is 10.5 Å². The average molecular weight is 426 g/mol. The molecule has 1 aromatic carbocycles. The molecular weight excluding hydrogens is 386 g/mol. The lowest BCUT2D eigenvalue weighted by Crippen LogP contribution is -2.16. The van der Waals surface area contributed by atoms with E-state index in [4.69, 9.17) is 5.11 Å². The minimum Gasteiger partial charge on any atom is -0.478 e. The Balaban J connectivity index is 2.00. The van der Waals surface area contributed by atoms with E-state index in [1.54, 1.807) is 0 Å². The summed E-state index contributed by atoms with van der Waals surface area (Å²) in [6.45, 7) is 2.25. The highest BCUT2D eigenvalue weighted by Crippen LogP contribution is 2.15. The van der Waals surface area contributed by atoms with Gasteiger partial charge in [0.05, 0.1) is 11.3 Å². The Morgan fingerprint density at radius 2 is 1.17 bits per heavy atom. The maximum atomic E-state index is 12.1. The fraction of sp³-hybridized carbons (Fsp3) is 0.696. The van der Waals surface area contributed by atoms with Crippen LogP contribution in [0.2, 0.25) is 0 Å². The van der Waals surface area contributed by atoms with Gasteiger partial charge >= 0.3 is 5.97 Å². The molecule has 5 nitrogen and oxygen atoms in total. The first kappa shape index (κ1) is 25.5. The summed E-state index contributed by atoms with van der Waals surface area (Å²) in [5.74, 6) is -0.923. The number of carboxylic acid groups (broad SMARTS) is 1. The molecule has 0 aliphatic carbocycles. The number of hydrogen-bond acceptors (Lipinski definition) is 3. The largest absolute Gasteiger partial charge is 0.478 e. The molecule has 0 amide bonds. The number of sulfonamides is 1. The number of anilines is 1. The van der Waals surface area contributed by atoms with Crippen molar-refractivity contribution in [2.45, 2.75) is 96.8 Å². The smallest absolute Gasteiger partial charge is 0.335 e. The van der Waals surface area contributed by atoms with Gasteiger partial charge in [-0.2, -0.15) is 0 Å². The van der Waals surface area contributed by atoms with Crippen LogP contribution in [0.4, 0.5) is 5.69 Å². The molecule has 1 rings (SSSR count). The van der Waals surface area contributed by atoms with E-state index in [9.17, 15) is 13.2 Å². The summed E-state index contributed by atoms with van der Waals surface area (Å²) < 4.78 is 26.7. The van der Waals surface area contributed by atoms with Gasteiger partial charge < -0.3 is 5.11 Å². The van der Waals surface area contributed by atoms with Crippen LogP contribution in [0.1, 0.15) is 107 Å². The predicted octanol–water partition coefficient (Wildman–Crippen LogP) is 6.61. The number of nitrogens with one attached hydrogen (secondary N) is 1. The quantitative estimate of drug-likeness (QED) is 0.259. The Morgan fingerprint density at radius 3 is 1.59 bits per heavy atom. The van der Waals surface area contributed by atoms with Crippen molar-refractivity contribution in [3.8, 4) is 0 Å². The molecule has 166 valence electrons. The van der Waals surface area contributed by atoms with E-state index in [2.05, 4.69) is 11.6 Å². The number of rotatable bonds is 18. The molecule has 0 radical (unpaired) electrons. The minimum atomic E-state index is -3.38. The van der Waals surface area contributed by atoms with Crippen LogP contribution in [-0.2, 0) is 10.0 Å². The molecule has 6 heteroatoms. The summed E-state index contributed by atoms with van der Waals surface area (Å²) in [5.41, 5.74) is 0.542. The molecule has 0 saturated carbocycles. The highest BCUT2D eigenvalue weighted by Gasteiger charge is 2.10. The summed E-state index contributed by atoms with van der Waals surface area (Å²) in [7, 11) is -3.38. The van der Waals surface area contributed by atoms with Crippen molar-refractivity contribution in [1.29, 1.82) is 0 Å². The Labute approximate surface area is 177 Å². The van der Waals surface area contributed by atoms with E-state index in [-0.39, 0.29) is 11.3 Å². The number of hydrogen-bond donors (Lipinski definition) is 2. The van der Waals surface area contributed by atoms with E-state index in [1.165, 1.54) is 94.9 Å². The van der Waals surface area contributed by atoms with E-state index >= 15 is 0 Å². The van der Waals surface area contributed by atoms with Crippen molar-refractivity contribution in [3.63, 3.8) is 0 Å². The second-order valence-corrected chi connectivity index (χ2v) is 9.74. The van der Waals surface area contributed by atoms with Gasteiger partial charge in [0.2, 0.25) is 10.0 Å². The van der Waals surface area contributed by atoms with Crippen LogP contribution in [0.25, 0.3) is 0 Å². The number of benzene rings is 1. The van der Waals surface area contributed by atoms with Crippen molar-refractivity contribution < 1.29 is 18.3 Å². The van der Waals surface area contributed by atoms with Crippen LogP contribution in [0.15, 0.2) is 24.3 Å². The van der Waals surface area contributed by atoms with Crippen LogP contribution in [0.5, 0.6) is 0 Å². The van der Waals surface area contributed by atoms with Crippen LogP contribution in [0, 0.1) is 0 Å². The molecule has 0 aliphatic heterocycles. The van der Waals surface area contributed by atoms with Gasteiger partial charge in [0, 0.05) is 5.69 Å². The maximum Gasteiger partial charge on any atom is 0.335 e. The zero-order chi connectivity index (χ0) is 21.4. The number of aromatic carboxylic acids is 1. The lowest BCUT2D eigenvalue weighted by molar-refractivity contribution is 0.0697. The van der Waals surface area contributed by atoms with Crippen LogP contribution in [0.3, 0.4) is 0 Å². The van der Waals surface area contributed by atoms with Crippen molar-refractivity contribution >= 4 is 21.7 Å². The topological polar surface area (TPSA) is 83.5 Å². The van der Waals surface area contributed by atoms with Crippen molar-refractivity contribution in [1.82, 2.24) is 0 Å². The molecule has 0 fully saturated rings. The molecule has 2 N–H and O–H groups in total. The van der Waals surface area contributed by atoms with Gasteiger partial charge in [0.25, 0.3) is 0 Å². The van der Waals surface area contributed by atoms with Crippen LogP contribution in [-0.4, -0.2) is 25.2 Å². The highest BCUT2D eigenvalue weighted by molar-refractivity contribution is 7.92. The summed E-state index contributed by atoms with van der Waals surface area (Å²) in [6, 6.07) is 5.75. The second kappa shape index (κ2) is 15.3. The molecule has 0 spiro atoms. The van der Waals surface area contributed by atoms with Crippen LogP contribution < -0.4 is 4.72 Å². The average Bonchev–Trinajstić information content (AvgIpc) is 2.68. The lowest BCUT2D eigenvalue weighted by atomic mass is 10.0. The number of carboxylic acids is 1. The van der Waals surface area contributed by atoms with Gasteiger partial charge in [0.15, 0.2) is 0 Å². The Bertz CT molecular complexity index is 656. The van der Waals surface area contributed by atoms with Crippen LogP contribution >= 0.6 is 0 Å². The molecule has 0 bridgehead atoms. The molecule has 0 saturated heterocycles. The number of carbonyl (C=O) groups is 1. The molecule has 0 heterocycles. The third kappa shape index (κ3) is 13.3. The Kier molecular flexibility index (Phi) is 13.4. The van der Waals surface area contributed by atoms with Gasteiger partial charge in [-0.15, -0.1) is 0 Å². The maximum absolute atomic E-state index is 12.1. The highest BCUT2D eigenvalue weighted by atomic mass is 32.2. The molecular formula is C23H39NO4S. The molecule has 0 aromatic heterocycles. The lowest BCUT2D eigenvalue weighted by Gasteiger charge is -2.08. The van der Waals surface area contributed by atoms with Gasteiger partial charge in [-0.25, -0.2) is 13.2 Å². The molecule has 0 atom stereocenters. The Morgan fingerprint density at radius 1 is 0.759 bits per heavy atom. The second-order valence-electron chi connectivity index (χ2n) is 7.90. The molecule has 1 aromatic rings. The normalized spacial score (nSPS) is 11.5. The number of unbranched alkanes of at least 4 members (excludes halogenated alkanes) is 13. The van der Waals surface area contributed by atoms with Crippen molar-refractivity contribution in [3.05, 3.63) is 29.8 Å². The van der Waals surface area contributed by atoms with Crippen molar-refractivity contribution in [2.24, 2.45) is 0 Å². The van der Waals surface area contributed by atoms with Gasteiger partial charge in [-0.3, -0.25) is 4.72 Å². The third-order valence-corrected chi connectivity index (χ3v) is 6.54. The molecule has 29 heavy (non-hydrogen) atoms. The fourth-order valence-electron chi connectivity index (χ4n) is 3.40. The SMILES string of the molecule is CCCCCCCCCCCCCCCCS(=O)(=O)Nc1ccc(C(=O)O)cc1. The summed E-state index contributed by atoms with van der Waals surface area (Å²) in [4.78, 5) is 10.8. The molecule has 0 aliphatic rings. The third-order valence-electron chi connectivity index (χ3n) is 5.17. The zero-order valence-electron chi connectivity index (χ0n) is 18.0. The summed E-state index contributed by atoms with van der Waals surface area (Å²) >= 11 is 0. The van der Waals surface area contributed by atoms with Gasteiger partial charge in [-0.1, -0.05) is 90.4 Å². The first-order valence-electron chi connectivity index (χ1n) is 11.3. The monoisotopic (exact) mass is 425 g/mol. The summed E-state index contributed by atoms with van der Waals surface area (Å²) in [6.07, 6.45) is 17.3. The first-order valence-corrected chi connectivity index (χ1v) is 12.9. The van der Waals surface area contributed by atoms with Gasteiger partial charge in [-0.05, 0) is 30.7 Å². The van der Waals surface area contributed by atoms with Gasteiger partial charge in [0.1, 0.15) is 0 Å². The zero-order valence-corrected chi connectivity index (χ0v) is 18.8. The summed E-state index contributed by atoms with van der Waals surface area (Å²) in [5, 5.41) is 8.86. The fourth-order valence-corrected chi connectivity index (χ4v) is 4.58. The van der Waals surface area contributed by atoms with E-state index < -0.39 is 16.0 Å². The first-order chi connectivity index (χ1) is 13.9. The standard InChI is InChI=1S/C23H39NO4S/c1-2-3-4-5-6-7-8-9-10-11-12-13-14-15-20-29(27,28)24-22-18-16-21(17-19-22)23(25)26/h16-19,24H,2-15,20H2,1H3,(H,25,26). The minimum absolute atomic E-state index is 0.103. The van der Waals surface area contributed by atoms with E-state index in [0.717, 1.165) is 12.8 Å². The predicted molar refractivity (Wildman–Crippen MR) is 121 cm³/mol. The van der Waals surface area contributed by atoms with E-state index in [0.29, 0.717) is 12.1 Å². The van der Waals surface area contributed by atoms with E-state index in [1.807, 2.05) is 0 Å². The molecule has 0 unspecified atom stereocenters.